The number of halogens is 4. The Bertz CT molecular complexity index is 999. The van der Waals surface area contributed by atoms with Crippen LogP contribution < -0.4 is 5.73 Å². The van der Waals surface area contributed by atoms with Gasteiger partial charge in [0.05, 0.1) is 21.8 Å². The Kier molecular flexibility index (Phi) is 6.50. The fourth-order valence-corrected chi connectivity index (χ4v) is 4.48. The number of carbonyl (C=O) groups is 1. The highest BCUT2D eigenvalue weighted by Crippen LogP contribution is 2.39. The highest BCUT2D eigenvalue weighted by atomic mass is 35.5. The first-order valence-corrected chi connectivity index (χ1v) is 10.0. The molecule has 3 rings (SSSR count). The molecule has 4 nitrogen and oxygen atoms in total. The fourth-order valence-electron chi connectivity index (χ4n) is 2.98. The Hall–Kier alpha value is -1.80. The largest absolute Gasteiger partial charge is 0.330 e. The van der Waals surface area contributed by atoms with E-state index in [1.807, 2.05) is 0 Å². The van der Waals surface area contributed by atoms with Gasteiger partial charge in [0.15, 0.2) is 17.4 Å². The van der Waals surface area contributed by atoms with Gasteiger partial charge in [-0.2, -0.15) is 5.10 Å². The molecule has 1 atom stereocenters. The van der Waals surface area contributed by atoms with Crippen LogP contribution >= 0.6 is 34.5 Å². The highest BCUT2D eigenvalue weighted by molar-refractivity contribution is 7.18. The van der Waals surface area contributed by atoms with Gasteiger partial charge in [-0.1, -0.05) is 29.3 Å². The molecule has 2 heterocycles. The third-order valence-electron chi connectivity index (χ3n) is 4.43. The summed E-state index contributed by atoms with van der Waals surface area (Å²) in [6, 6.07) is 5.40. The van der Waals surface area contributed by atoms with Crippen molar-refractivity contribution in [2.75, 3.05) is 6.54 Å². The van der Waals surface area contributed by atoms with Gasteiger partial charge in [0.25, 0.3) is 0 Å². The van der Waals surface area contributed by atoms with Crippen molar-refractivity contribution in [2.24, 2.45) is 18.7 Å². The lowest BCUT2D eigenvalue weighted by Crippen LogP contribution is -2.20. The Morgan fingerprint density at radius 3 is 2.64 bits per heavy atom. The second-order valence-corrected chi connectivity index (χ2v) is 8.51. The van der Waals surface area contributed by atoms with Gasteiger partial charge >= 0.3 is 0 Å². The molecule has 1 aromatic carbocycles. The molecule has 0 fully saturated rings. The molecule has 0 spiro atoms. The number of carbonyl (C=O) groups excluding carboxylic acids is 1. The van der Waals surface area contributed by atoms with Gasteiger partial charge in [-0.05, 0) is 42.6 Å². The first-order chi connectivity index (χ1) is 13.3. The number of Topliss-reactive ketones (excluding diaryl/α,β-unsaturated/α-hetero) is 1. The number of rotatable bonds is 7. The van der Waals surface area contributed by atoms with E-state index < -0.39 is 11.6 Å². The van der Waals surface area contributed by atoms with Crippen molar-refractivity contribution >= 4 is 40.3 Å². The van der Waals surface area contributed by atoms with Crippen LogP contribution in [0.15, 0.2) is 30.5 Å². The maximum Gasteiger partial charge on any atom is 0.173 e. The monoisotopic (exact) mass is 443 g/mol. The van der Waals surface area contributed by atoms with Crippen LogP contribution in [0.25, 0.3) is 11.3 Å². The van der Waals surface area contributed by atoms with E-state index >= 15 is 0 Å². The lowest BCUT2D eigenvalue weighted by molar-refractivity contribution is 0.0966. The zero-order chi connectivity index (χ0) is 20.4. The van der Waals surface area contributed by atoms with Gasteiger partial charge in [-0.3, -0.25) is 9.48 Å². The molecule has 3 aromatic rings. The van der Waals surface area contributed by atoms with Crippen LogP contribution in [-0.2, 0) is 13.5 Å². The third-order valence-corrected chi connectivity index (χ3v) is 6.10. The number of hydrogen-bond acceptors (Lipinski definition) is 4. The molecular weight excluding hydrogens is 427 g/mol. The lowest BCUT2D eigenvalue weighted by Gasteiger charge is -2.13. The summed E-state index contributed by atoms with van der Waals surface area (Å²) in [7, 11) is 1.74. The van der Waals surface area contributed by atoms with Crippen LogP contribution in [0.4, 0.5) is 8.78 Å². The van der Waals surface area contributed by atoms with Crippen molar-refractivity contribution in [1.82, 2.24) is 9.78 Å². The molecular formula is C19H17Cl2F2N3OS. The first-order valence-electron chi connectivity index (χ1n) is 8.44. The first kappa shape index (κ1) is 20.9. The highest BCUT2D eigenvalue weighted by Gasteiger charge is 2.21. The summed E-state index contributed by atoms with van der Waals surface area (Å²) in [6.45, 7) is 0.240. The van der Waals surface area contributed by atoms with Crippen LogP contribution in [0, 0.1) is 17.6 Å². The molecule has 0 amide bonds. The molecule has 0 radical (unpaired) electrons. The van der Waals surface area contributed by atoms with Gasteiger partial charge in [0, 0.05) is 19.0 Å². The van der Waals surface area contributed by atoms with Crippen LogP contribution in [0.1, 0.15) is 21.7 Å². The molecule has 0 bridgehead atoms. The molecule has 0 saturated heterocycles. The smallest absolute Gasteiger partial charge is 0.173 e. The van der Waals surface area contributed by atoms with Crippen LogP contribution in [-0.4, -0.2) is 22.1 Å². The van der Waals surface area contributed by atoms with E-state index in [1.54, 1.807) is 17.8 Å². The number of benzene rings is 1. The van der Waals surface area contributed by atoms with E-state index in [4.69, 9.17) is 28.9 Å². The molecule has 9 heteroatoms. The summed E-state index contributed by atoms with van der Waals surface area (Å²) in [4.78, 5) is 13.2. The van der Waals surface area contributed by atoms with Gasteiger partial charge in [0.2, 0.25) is 0 Å². The molecule has 2 N–H and O–H groups in total. The zero-order valence-corrected chi connectivity index (χ0v) is 17.2. The second kappa shape index (κ2) is 8.69. The Morgan fingerprint density at radius 1 is 1.29 bits per heavy atom. The molecule has 28 heavy (non-hydrogen) atoms. The third kappa shape index (κ3) is 4.43. The van der Waals surface area contributed by atoms with E-state index in [1.165, 1.54) is 23.6 Å². The summed E-state index contributed by atoms with van der Waals surface area (Å²) in [5.41, 5.74) is 7.67. The molecule has 0 saturated carbocycles. The minimum Gasteiger partial charge on any atom is -0.330 e. The van der Waals surface area contributed by atoms with Crippen LogP contribution in [0.2, 0.25) is 9.36 Å². The molecule has 0 aliphatic rings. The van der Waals surface area contributed by atoms with Crippen molar-refractivity contribution in [1.29, 1.82) is 0 Å². The Balaban J connectivity index is 1.76. The van der Waals surface area contributed by atoms with Crippen molar-refractivity contribution < 1.29 is 13.6 Å². The predicted molar refractivity (Wildman–Crippen MR) is 108 cm³/mol. The van der Waals surface area contributed by atoms with Crippen molar-refractivity contribution in [3.05, 3.63) is 61.9 Å². The maximum absolute atomic E-state index is 13.4. The average Bonchev–Trinajstić information content (AvgIpc) is 3.19. The second-order valence-electron chi connectivity index (χ2n) is 6.44. The van der Waals surface area contributed by atoms with E-state index in [0.717, 1.165) is 12.1 Å². The number of aryl methyl sites for hydroxylation is 1. The SMILES string of the molecule is Cn1ncc(Cl)c1-c1cc(C(=O)C[C@H](CN)Cc2ccc(F)c(F)c2)sc1Cl. The van der Waals surface area contributed by atoms with Crippen LogP contribution in [0.3, 0.4) is 0 Å². The van der Waals surface area contributed by atoms with Crippen molar-refractivity contribution in [2.45, 2.75) is 12.8 Å². The lowest BCUT2D eigenvalue weighted by atomic mass is 9.93. The molecule has 148 valence electrons. The Morgan fingerprint density at radius 2 is 2.04 bits per heavy atom. The number of hydrogen-bond donors (Lipinski definition) is 1. The van der Waals surface area contributed by atoms with Gasteiger partial charge in [0.1, 0.15) is 4.34 Å². The van der Waals surface area contributed by atoms with Gasteiger partial charge < -0.3 is 5.73 Å². The summed E-state index contributed by atoms with van der Waals surface area (Å²) >= 11 is 13.7. The minimum absolute atomic E-state index is 0.116. The van der Waals surface area contributed by atoms with E-state index in [-0.39, 0.29) is 24.7 Å². The summed E-state index contributed by atoms with van der Waals surface area (Å²) in [6.07, 6.45) is 2.06. The maximum atomic E-state index is 13.4. The number of nitrogens with zero attached hydrogens (tertiary/aromatic N) is 2. The quantitative estimate of drug-likeness (QED) is 0.515. The molecule has 2 aromatic heterocycles. The molecule has 0 aliphatic heterocycles. The standard InChI is InChI=1S/C19H17Cl2F2N3OS/c1-26-18(13(20)9-25-26)12-7-17(28-19(12)21)16(27)6-11(8-24)4-10-2-3-14(22)15(23)5-10/h2-3,5,7,9,11H,4,6,8,24H2,1H3/t11-/m1/s1. The van der Waals surface area contributed by atoms with Gasteiger partial charge in [-0.25, -0.2) is 8.78 Å². The fraction of sp³-hybridized carbons (Fsp3) is 0.263. The molecule has 0 aliphatic carbocycles. The van der Waals surface area contributed by atoms with Crippen molar-refractivity contribution in [3.63, 3.8) is 0 Å². The number of thiophene rings is 1. The summed E-state index contributed by atoms with van der Waals surface area (Å²) in [5, 5.41) is 4.53. The topological polar surface area (TPSA) is 60.9 Å². The Labute approximate surface area is 174 Å². The zero-order valence-electron chi connectivity index (χ0n) is 14.9. The van der Waals surface area contributed by atoms with Crippen molar-refractivity contribution in [3.8, 4) is 11.3 Å². The van der Waals surface area contributed by atoms with E-state index in [0.29, 0.717) is 37.5 Å². The van der Waals surface area contributed by atoms with E-state index in [2.05, 4.69) is 5.10 Å². The summed E-state index contributed by atoms with van der Waals surface area (Å²) < 4.78 is 28.5. The molecule has 0 unspecified atom stereocenters. The van der Waals surface area contributed by atoms with Crippen LogP contribution in [0.5, 0.6) is 0 Å². The number of ketones is 1. The predicted octanol–water partition coefficient (Wildman–Crippen LogP) is 5.12. The van der Waals surface area contributed by atoms with E-state index in [9.17, 15) is 13.6 Å². The average molecular weight is 444 g/mol. The number of aromatic nitrogens is 2. The summed E-state index contributed by atoms with van der Waals surface area (Å²) in [5.74, 6) is -2.14. The van der Waals surface area contributed by atoms with Gasteiger partial charge in [-0.15, -0.1) is 11.3 Å². The number of nitrogens with two attached hydrogens (primary N) is 1. The minimum atomic E-state index is -0.915. The normalized spacial score (nSPS) is 12.4.